The fourth-order valence-electron chi connectivity index (χ4n) is 3.79. The van der Waals surface area contributed by atoms with Gasteiger partial charge in [-0.2, -0.15) is 0 Å². The molecule has 1 heterocycles. The van der Waals surface area contributed by atoms with Crippen LogP contribution in [0.1, 0.15) is 31.4 Å². The highest BCUT2D eigenvalue weighted by Crippen LogP contribution is 2.29. The zero-order chi connectivity index (χ0) is 20.3. The first kappa shape index (κ1) is 19.9. The fourth-order valence-corrected chi connectivity index (χ4v) is 3.79. The highest BCUT2D eigenvalue weighted by atomic mass is 16.2. The van der Waals surface area contributed by atoms with Crippen LogP contribution in [-0.4, -0.2) is 31.4 Å². The molecule has 2 aromatic rings. The summed E-state index contributed by atoms with van der Waals surface area (Å²) in [5, 5.41) is 3.03. The number of carbonyl (C=O) groups excluding carboxylic acids is 2. The van der Waals surface area contributed by atoms with Gasteiger partial charge in [-0.15, -0.1) is 0 Å². The van der Waals surface area contributed by atoms with Crippen molar-refractivity contribution >= 4 is 28.9 Å². The predicted octanol–water partition coefficient (Wildman–Crippen LogP) is 4.14. The smallest absolute Gasteiger partial charge is 0.229 e. The molecule has 0 bridgehead atoms. The third kappa shape index (κ3) is 4.03. The van der Waals surface area contributed by atoms with Gasteiger partial charge in [0.1, 0.15) is 0 Å². The molecule has 0 saturated carbocycles. The molecule has 1 N–H and O–H groups in total. The van der Waals surface area contributed by atoms with E-state index in [1.165, 1.54) is 0 Å². The van der Waals surface area contributed by atoms with Gasteiger partial charge in [0.05, 0.1) is 5.92 Å². The third-order valence-corrected chi connectivity index (χ3v) is 5.50. The van der Waals surface area contributed by atoms with Gasteiger partial charge in [-0.1, -0.05) is 18.2 Å². The van der Waals surface area contributed by atoms with Gasteiger partial charge in [-0.05, 0) is 63.1 Å². The van der Waals surface area contributed by atoms with E-state index in [4.69, 9.17) is 0 Å². The van der Waals surface area contributed by atoms with Gasteiger partial charge in [0.25, 0.3) is 0 Å². The Labute approximate surface area is 167 Å². The van der Waals surface area contributed by atoms with E-state index in [2.05, 4.69) is 30.1 Å². The van der Waals surface area contributed by atoms with Crippen molar-refractivity contribution in [1.29, 1.82) is 0 Å². The molecule has 1 atom stereocenters. The first-order valence-electron chi connectivity index (χ1n) is 9.97. The van der Waals surface area contributed by atoms with E-state index < -0.39 is 0 Å². The number of hydrogen-bond acceptors (Lipinski definition) is 3. The first-order valence-corrected chi connectivity index (χ1v) is 9.97. The Balaban J connectivity index is 1.70. The van der Waals surface area contributed by atoms with Crippen LogP contribution in [-0.2, 0) is 9.59 Å². The maximum atomic E-state index is 12.8. The zero-order valence-electron chi connectivity index (χ0n) is 17.2. The Kier molecular flexibility index (Phi) is 6.02. The molecule has 5 nitrogen and oxygen atoms in total. The Hall–Kier alpha value is -2.82. The minimum absolute atomic E-state index is 0.00283. The molecule has 2 aromatic carbocycles. The molecule has 1 unspecified atom stereocenters. The topological polar surface area (TPSA) is 52.7 Å². The zero-order valence-corrected chi connectivity index (χ0v) is 17.2. The molecular weight excluding hydrogens is 350 g/mol. The number of benzene rings is 2. The second-order valence-electron chi connectivity index (χ2n) is 7.35. The molecule has 0 aromatic heterocycles. The van der Waals surface area contributed by atoms with E-state index in [0.717, 1.165) is 41.3 Å². The number of rotatable bonds is 6. The lowest BCUT2D eigenvalue weighted by molar-refractivity contribution is -0.122. The highest BCUT2D eigenvalue weighted by molar-refractivity contribution is 6.04. The molecule has 5 heteroatoms. The Bertz CT molecular complexity index is 874. The normalized spacial score (nSPS) is 16.4. The largest absolute Gasteiger partial charge is 0.372 e. The monoisotopic (exact) mass is 379 g/mol. The Morgan fingerprint density at radius 2 is 1.82 bits per heavy atom. The van der Waals surface area contributed by atoms with E-state index in [1.807, 2.05) is 50.2 Å². The van der Waals surface area contributed by atoms with Crippen molar-refractivity contribution in [2.24, 2.45) is 5.92 Å². The van der Waals surface area contributed by atoms with E-state index in [0.29, 0.717) is 6.54 Å². The average molecular weight is 380 g/mol. The molecule has 2 amide bonds. The second kappa shape index (κ2) is 8.46. The molecule has 0 aliphatic carbocycles. The van der Waals surface area contributed by atoms with E-state index in [9.17, 15) is 9.59 Å². The lowest BCUT2D eigenvalue weighted by atomic mass is 10.1. The molecule has 1 aliphatic rings. The fraction of sp³-hybridized carbons (Fsp3) is 0.391. The molecule has 148 valence electrons. The predicted molar refractivity (Wildman–Crippen MR) is 115 cm³/mol. The van der Waals surface area contributed by atoms with Crippen molar-refractivity contribution in [2.45, 2.75) is 34.1 Å². The second-order valence-corrected chi connectivity index (χ2v) is 7.35. The molecule has 1 saturated heterocycles. The van der Waals surface area contributed by atoms with Crippen LogP contribution < -0.4 is 15.1 Å². The first-order chi connectivity index (χ1) is 13.4. The number of nitrogens with one attached hydrogen (secondary N) is 1. The molecule has 3 rings (SSSR count). The van der Waals surface area contributed by atoms with Crippen molar-refractivity contribution < 1.29 is 9.59 Å². The van der Waals surface area contributed by atoms with Crippen LogP contribution in [0.5, 0.6) is 0 Å². The number of amides is 2. The SMILES string of the molecule is CCN(CC)c1ccc(NC(=O)C2CC(=O)N(c3ccccc3C)C2)c(C)c1. The van der Waals surface area contributed by atoms with Crippen LogP contribution in [0.3, 0.4) is 0 Å². The Morgan fingerprint density at radius 1 is 1.11 bits per heavy atom. The summed E-state index contributed by atoms with van der Waals surface area (Å²) in [5.74, 6) is -0.430. The number of aryl methyl sites for hydroxylation is 2. The third-order valence-electron chi connectivity index (χ3n) is 5.50. The average Bonchev–Trinajstić information content (AvgIpc) is 3.07. The molecule has 28 heavy (non-hydrogen) atoms. The van der Waals surface area contributed by atoms with Gasteiger partial charge in [-0.3, -0.25) is 9.59 Å². The summed E-state index contributed by atoms with van der Waals surface area (Å²) in [5.41, 5.74) is 4.92. The minimum atomic E-state index is -0.339. The van der Waals surface area contributed by atoms with E-state index in [1.54, 1.807) is 4.90 Å². The quantitative estimate of drug-likeness (QED) is 0.821. The van der Waals surface area contributed by atoms with Crippen molar-refractivity contribution in [3.8, 4) is 0 Å². The van der Waals surface area contributed by atoms with Gasteiger partial charge < -0.3 is 15.1 Å². The van der Waals surface area contributed by atoms with Gasteiger partial charge in [0, 0.05) is 43.1 Å². The van der Waals surface area contributed by atoms with Crippen molar-refractivity contribution in [2.75, 3.05) is 34.8 Å². The number of hydrogen-bond donors (Lipinski definition) is 1. The number of anilines is 3. The molecule has 1 fully saturated rings. The number of para-hydroxylation sites is 1. The van der Waals surface area contributed by atoms with Gasteiger partial charge in [0.2, 0.25) is 11.8 Å². The molecule has 1 aliphatic heterocycles. The maximum absolute atomic E-state index is 12.8. The summed E-state index contributed by atoms with van der Waals surface area (Å²) < 4.78 is 0. The van der Waals surface area contributed by atoms with Crippen LogP contribution in [0.25, 0.3) is 0 Å². The van der Waals surface area contributed by atoms with Crippen molar-refractivity contribution in [3.63, 3.8) is 0 Å². The number of nitrogens with zero attached hydrogens (tertiary/aromatic N) is 2. The van der Waals surface area contributed by atoms with Crippen molar-refractivity contribution in [1.82, 2.24) is 0 Å². The summed E-state index contributed by atoms with van der Waals surface area (Å²) in [6.07, 6.45) is 0.247. The maximum Gasteiger partial charge on any atom is 0.229 e. The van der Waals surface area contributed by atoms with Gasteiger partial charge in [0.15, 0.2) is 0 Å². The van der Waals surface area contributed by atoms with E-state index in [-0.39, 0.29) is 24.2 Å². The summed E-state index contributed by atoms with van der Waals surface area (Å²) >= 11 is 0. The summed E-state index contributed by atoms with van der Waals surface area (Å²) in [6, 6.07) is 13.9. The standard InChI is InChI=1S/C23H29N3O2/c1-5-25(6-2)19-11-12-20(17(4)13-19)24-23(28)18-14-22(27)26(15-18)21-10-8-7-9-16(21)3/h7-13,18H,5-6,14-15H2,1-4H3,(H,24,28). The minimum Gasteiger partial charge on any atom is -0.372 e. The van der Waals surface area contributed by atoms with Crippen LogP contribution in [0.4, 0.5) is 17.1 Å². The van der Waals surface area contributed by atoms with Crippen molar-refractivity contribution in [3.05, 3.63) is 53.6 Å². The highest BCUT2D eigenvalue weighted by Gasteiger charge is 2.35. The summed E-state index contributed by atoms with van der Waals surface area (Å²) in [7, 11) is 0. The number of carbonyl (C=O) groups is 2. The van der Waals surface area contributed by atoms with Crippen LogP contribution in [0.15, 0.2) is 42.5 Å². The van der Waals surface area contributed by atoms with Crippen LogP contribution >= 0.6 is 0 Å². The van der Waals surface area contributed by atoms with Crippen LogP contribution in [0, 0.1) is 19.8 Å². The Morgan fingerprint density at radius 3 is 2.46 bits per heavy atom. The lowest BCUT2D eigenvalue weighted by Gasteiger charge is -2.22. The molecule has 0 spiro atoms. The van der Waals surface area contributed by atoms with Crippen LogP contribution in [0.2, 0.25) is 0 Å². The summed E-state index contributed by atoms with van der Waals surface area (Å²) in [4.78, 5) is 29.3. The van der Waals surface area contributed by atoms with Gasteiger partial charge in [-0.25, -0.2) is 0 Å². The van der Waals surface area contributed by atoms with Gasteiger partial charge >= 0.3 is 0 Å². The molecule has 0 radical (unpaired) electrons. The molecular formula is C23H29N3O2. The lowest BCUT2D eigenvalue weighted by Crippen LogP contribution is -2.28. The van der Waals surface area contributed by atoms with E-state index >= 15 is 0 Å². The summed E-state index contributed by atoms with van der Waals surface area (Å²) in [6.45, 7) is 10.6.